The SMILES string of the molecule is CC(=O)C1CCc2c(O)c3c(c(O)c2C1)C(=O)c1cccc(N)c1C3=O. The maximum Gasteiger partial charge on any atom is 0.200 e. The Morgan fingerprint density at radius 2 is 1.69 bits per heavy atom. The van der Waals surface area contributed by atoms with Gasteiger partial charge < -0.3 is 15.9 Å². The third kappa shape index (κ3) is 2.02. The summed E-state index contributed by atoms with van der Waals surface area (Å²) in [5, 5.41) is 21.5. The highest BCUT2D eigenvalue weighted by Crippen LogP contribution is 2.46. The zero-order chi connectivity index (χ0) is 18.7. The number of phenolic OH excluding ortho intramolecular Hbond substituents is 2. The van der Waals surface area contributed by atoms with Gasteiger partial charge in [-0.05, 0) is 32.3 Å². The zero-order valence-electron chi connectivity index (χ0n) is 14.1. The fourth-order valence-electron chi connectivity index (χ4n) is 4.04. The number of rotatable bonds is 1. The summed E-state index contributed by atoms with van der Waals surface area (Å²) in [6.45, 7) is 1.48. The van der Waals surface area contributed by atoms with Crippen LogP contribution in [-0.4, -0.2) is 27.6 Å². The number of Topliss-reactive ketones (excluding diaryl/α,β-unsaturated/α-hetero) is 1. The summed E-state index contributed by atoms with van der Waals surface area (Å²) < 4.78 is 0. The van der Waals surface area contributed by atoms with Gasteiger partial charge in [0.05, 0.1) is 16.7 Å². The molecule has 0 spiro atoms. The Bertz CT molecular complexity index is 1020. The molecule has 4 N–H and O–H groups in total. The predicted molar refractivity (Wildman–Crippen MR) is 93.7 cm³/mol. The first-order valence-corrected chi connectivity index (χ1v) is 8.40. The molecule has 2 aliphatic carbocycles. The van der Waals surface area contributed by atoms with Crippen LogP contribution in [-0.2, 0) is 17.6 Å². The molecule has 6 nitrogen and oxygen atoms in total. The van der Waals surface area contributed by atoms with Crippen LogP contribution in [0.25, 0.3) is 0 Å². The second-order valence-corrected chi connectivity index (χ2v) is 6.88. The minimum atomic E-state index is -0.572. The summed E-state index contributed by atoms with van der Waals surface area (Å²) in [5.74, 6) is -2.01. The number of fused-ring (bicyclic) bond motifs is 3. The van der Waals surface area contributed by atoms with Crippen molar-refractivity contribution in [2.24, 2.45) is 5.92 Å². The third-order valence-corrected chi connectivity index (χ3v) is 5.45. The molecule has 0 saturated carbocycles. The Morgan fingerprint density at radius 3 is 2.38 bits per heavy atom. The third-order valence-electron chi connectivity index (χ3n) is 5.45. The molecule has 2 aliphatic rings. The van der Waals surface area contributed by atoms with E-state index in [9.17, 15) is 24.6 Å². The van der Waals surface area contributed by atoms with Crippen molar-refractivity contribution in [1.82, 2.24) is 0 Å². The maximum absolute atomic E-state index is 12.9. The first-order chi connectivity index (χ1) is 12.3. The summed E-state index contributed by atoms with van der Waals surface area (Å²) in [6, 6.07) is 4.55. The lowest BCUT2D eigenvalue weighted by atomic mass is 9.75. The van der Waals surface area contributed by atoms with E-state index in [4.69, 9.17) is 5.73 Å². The average molecular weight is 351 g/mol. The van der Waals surface area contributed by atoms with Crippen LogP contribution in [0.4, 0.5) is 5.69 Å². The van der Waals surface area contributed by atoms with Gasteiger partial charge in [-0.2, -0.15) is 0 Å². The fourth-order valence-corrected chi connectivity index (χ4v) is 4.04. The number of benzene rings is 2. The van der Waals surface area contributed by atoms with E-state index >= 15 is 0 Å². The predicted octanol–water partition coefficient (Wildman–Crippen LogP) is 2.15. The van der Waals surface area contributed by atoms with Crippen LogP contribution in [0.3, 0.4) is 0 Å². The molecule has 6 heteroatoms. The lowest BCUT2D eigenvalue weighted by Gasteiger charge is -2.29. The number of hydrogen-bond donors (Lipinski definition) is 3. The van der Waals surface area contributed by atoms with Gasteiger partial charge in [0.25, 0.3) is 0 Å². The quantitative estimate of drug-likeness (QED) is 0.457. The molecule has 2 aromatic rings. The molecule has 0 bridgehead atoms. The van der Waals surface area contributed by atoms with Crippen LogP contribution < -0.4 is 5.73 Å². The number of anilines is 1. The number of nitrogen functional groups attached to an aromatic ring is 1. The van der Waals surface area contributed by atoms with Crippen LogP contribution in [0.15, 0.2) is 18.2 Å². The van der Waals surface area contributed by atoms with Crippen molar-refractivity contribution in [3.63, 3.8) is 0 Å². The summed E-state index contributed by atoms with van der Waals surface area (Å²) in [4.78, 5) is 37.6. The molecule has 132 valence electrons. The lowest BCUT2D eigenvalue weighted by Crippen LogP contribution is -2.26. The highest BCUT2D eigenvalue weighted by Gasteiger charge is 2.40. The molecule has 2 aromatic carbocycles. The molecule has 0 aliphatic heterocycles. The maximum atomic E-state index is 12.9. The number of carbonyl (C=O) groups excluding carboxylic acids is 3. The van der Waals surface area contributed by atoms with Gasteiger partial charge in [0, 0.05) is 28.3 Å². The summed E-state index contributed by atoms with van der Waals surface area (Å²) >= 11 is 0. The van der Waals surface area contributed by atoms with Gasteiger partial charge in [-0.25, -0.2) is 0 Å². The molecule has 1 atom stereocenters. The Hall–Kier alpha value is -3.15. The summed E-state index contributed by atoms with van der Waals surface area (Å²) in [7, 11) is 0. The highest BCUT2D eigenvalue weighted by atomic mass is 16.3. The number of ketones is 3. The summed E-state index contributed by atoms with van der Waals surface area (Å²) in [5.41, 5.74) is 6.59. The highest BCUT2D eigenvalue weighted by molar-refractivity contribution is 6.32. The molecule has 4 rings (SSSR count). The van der Waals surface area contributed by atoms with Gasteiger partial charge in [-0.1, -0.05) is 12.1 Å². The van der Waals surface area contributed by atoms with Crippen molar-refractivity contribution in [3.05, 3.63) is 51.6 Å². The van der Waals surface area contributed by atoms with Crippen molar-refractivity contribution >= 4 is 23.0 Å². The Kier molecular flexibility index (Phi) is 3.41. The molecule has 0 fully saturated rings. The number of aromatic hydroxyl groups is 2. The topological polar surface area (TPSA) is 118 Å². The van der Waals surface area contributed by atoms with E-state index in [2.05, 4.69) is 0 Å². The minimum absolute atomic E-state index is 0.00668. The van der Waals surface area contributed by atoms with Crippen LogP contribution in [0.5, 0.6) is 11.5 Å². The van der Waals surface area contributed by atoms with E-state index in [0.29, 0.717) is 24.0 Å². The van der Waals surface area contributed by atoms with E-state index in [0.717, 1.165) is 0 Å². The Labute approximate surface area is 149 Å². The monoisotopic (exact) mass is 351 g/mol. The van der Waals surface area contributed by atoms with Gasteiger partial charge in [0.15, 0.2) is 11.6 Å². The van der Waals surface area contributed by atoms with Crippen molar-refractivity contribution in [2.75, 3.05) is 5.73 Å². The number of phenols is 2. The van der Waals surface area contributed by atoms with Gasteiger partial charge in [-0.3, -0.25) is 14.4 Å². The molecular weight excluding hydrogens is 334 g/mol. The van der Waals surface area contributed by atoms with Crippen LogP contribution in [0.2, 0.25) is 0 Å². The van der Waals surface area contributed by atoms with E-state index in [1.807, 2.05) is 0 Å². The number of hydrogen-bond acceptors (Lipinski definition) is 6. The second kappa shape index (κ2) is 5.42. The van der Waals surface area contributed by atoms with E-state index in [-0.39, 0.29) is 57.6 Å². The number of nitrogens with two attached hydrogens (primary N) is 1. The lowest BCUT2D eigenvalue weighted by molar-refractivity contribution is -0.121. The minimum Gasteiger partial charge on any atom is -0.507 e. The van der Waals surface area contributed by atoms with Gasteiger partial charge in [0.1, 0.15) is 17.3 Å². The molecule has 0 aromatic heterocycles. The first kappa shape index (κ1) is 16.3. The van der Waals surface area contributed by atoms with E-state index in [1.54, 1.807) is 6.07 Å². The van der Waals surface area contributed by atoms with Crippen LogP contribution in [0.1, 0.15) is 56.3 Å². The van der Waals surface area contributed by atoms with Gasteiger partial charge in [-0.15, -0.1) is 0 Å². The fraction of sp³-hybridized carbons (Fsp3) is 0.250. The normalized spacial score (nSPS) is 18.1. The van der Waals surface area contributed by atoms with Gasteiger partial charge in [0.2, 0.25) is 0 Å². The standard InChI is InChI=1S/C20H17NO5/c1-8(22)9-5-6-10-12(7-9)19(25)15-16(17(10)23)20(26)14-11(18(15)24)3-2-4-13(14)21/h2-4,9,23,25H,5-7,21H2,1H3. The molecule has 0 saturated heterocycles. The second-order valence-electron chi connectivity index (χ2n) is 6.88. The smallest absolute Gasteiger partial charge is 0.200 e. The molecular formula is C20H17NO5. The number of carbonyl (C=O) groups is 3. The van der Waals surface area contributed by atoms with E-state index in [1.165, 1.54) is 19.1 Å². The Morgan fingerprint density at radius 1 is 1.04 bits per heavy atom. The largest absolute Gasteiger partial charge is 0.507 e. The summed E-state index contributed by atoms with van der Waals surface area (Å²) in [6.07, 6.45) is 1.11. The van der Waals surface area contributed by atoms with Gasteiger partial charge >= 0.3 is 0 Å². The first-order valence-electron chi connectivity index (χ1n) is 8.40. The van der Waals surface area contributed by atoms with Crippen molar-refractivity contribution in [3.8, 4) is 11.5 Å². The molecule has 0 heterocycles. The molecule has 26 heavy (non-hydrogen) atoms. The Balaban J connectivity index is 2.00. The molecule has 0 radical (unpaired) electrons. The average Bonchev–Trinajstić information content (AvgIpc) is 2.62. The van der Waals surface area contributed by atoms with Crippen molar-refractivity contribution in [1.29, 1.82) is 0 Å². The van der Waals surface area contributed by atoms with Crippen LogP contribution >= 0.6 is 0 Å². The van der Waals surface area contributed by atoms with Crippen molar-refractivity contribution in [2.45, 2.75) is 26.2 Å². The van der Waals surface area contributed by atoms with Crippen LogP contribution in [0, 0.1) is 5.92 Å². The molecule has 1 unspecified atom stereocenters. The van der Waals surface area contributed by atoms with Crippen molar-refractivity contribution < 1.29 is 24.6 Å². The molecule has 0 amide bonds. The zero-order valence-corrected chi connectivity index (χ0v) is 14.1. The van der Waals surface area contributed by atoms with E-state index < -0.39 is 11.6 Å².